The normalized spacial score (nSPS) is 17.4. The molecule has 1 aromatic heterocycles. The molecule has 0 saturated carbocycles. The maximum atomic E-state index is 12.0. The van der Waals surface area contributed by atoms with E-state index >= 15 is 0 Å². The third-order valence-electron chi connectivity index (χ3n) is 5.96. The first kappa shape index (κ1) is 23.8. The fourth-order valence-corrected chi connectivity index (χ4v) is 5.00. The Labute approximate surface area is 207 Å². The number of rotatable bonds is 6. The summed E-state index contributed by atoms with van der Waals surface area (Å²) in [5, 5.41) is 11.0. The van der Waals surface area contributed by atoms with Crippen molar-refractivity contribution in [2.45, 2.75) is 18.9 Å². The van der Waals surface area contributed by atoms with Crippen molar-refractivity contribution in [1.29, 1.82) is 5.26 Å². The number of benzene rings is 2. The number of nitrogens with zero attached hydrogens (tertiary/aromatic N) is 4. The number of nitriles is 1. The number of likely N-dealkylation sites (tertiary alicyclic amines) is 1. The molecule has 3 aromatic rings. The van der Waals surface area contributed by atoms with Crippen LogP contribution in [0.15, 0.2) is 43.1 Å². The SMILES string of the molecule is C=CC(=O)N1C[C@@H](Cc2ncc3cc(-c4c(Cl)c(OC)cc(OC)c4Cl)ccc3n2)C[C@H]1C#N. The number of carbonyl (C=O) groups excluding carboxylic acids is 1. The Morgan fingerprint density at radius 2 is 1.97 bits per heavy atom. The standard InChI is InChI=1S/C25H22Cl2N4O3/c1-4-22(32)31-13-14(7-17(31)11-28)8-21-29-12-16-9-15(5-6-18(16)30-21)23-24(26)19(33-2)10-20(34-3)25(23)27/h4-6,9-10,12,14,17H,1,7-8,13H2,2-3H3/t14-,17+/m1/s1. The highest BCUT2D eigenvalue weighted by atomic mass is 35.5. The van der Waals surface area contributed by atoms with Gasteiger partial charge >= 0.3 is 0 Å². The highest BCUT2D eigenvalue weighted by Gasteiger charge is 2.34. The van der Waals surface area contributed by atoms with Crippen LogP contribution in [0.4, 0.5) is 0 Å². The van der Waals surface area contributed by atoms with Crippen LogP contribution in [0.3, 0.4) is 0 Å². The molecule has 9 heteroatoms. The number of hydrogen-bond donors (Lipinski definition) is 0. The van der Waals surface area contributed by atoms with Crippen molar-refractivity contribution in [2.75, 3.05) is 20.8 Å². The van der Waals surface area contributed by atoms with E-state index in [0.717, 1.165) is 16.5 Å². The molecule has 2 aromatic carbocycles. The maximum Gasteiger partial charge on any atom is 0.247 e. The van der Waals surface area contributed by atoms with Gasteiger partial charge in [0.2, 0.25) is 5.91 Å². The molecule has 0 radical (unpaired) electrons. The third kappa shape index (κ3) is 4.39. The van der Waals surface area contributed by atoms with Gasteiger partial charge < -0.3 is 14.4 Å². The summed E-state index contributed by atoms with van der Waals surface area (Å²) in [7, 11) is 3.06. The second kappa shape index (κ2) is 9.88. The van der Waals surface area contributed by atoms with Crippen molar-refractivity contribution >= 4 is 40.0 Å². The van der Waals surface area contributed by atoms with Gasteiger partial charge in [-0.25, -0.2) is 9.97 Å². The lowest BCUT2D eigenvalue weighted by molar-refractivity contribution is -0.126. The number of methoxy groups -OCH3 is 2. The number of amides is 1. The zero-order valence-corrected chi connectivity index (χ0v) is 20.2. The Hall–Kier alpha value is -3.34. The lowest BCUT2D eigenvalue weighted by atomic mass is 10.0. The van der Waals surface area contributed by atoms with Gasteiger partial charge in [-0.05, 0) is 36.1 Å². The summed E-state index contributed by atoms with van der Waals surface area (Å²) in [6, 6.07) is 9.08. The second-order valence-corrected chi connectivity index (χ2v) is 8.75. The summed E-state index contributed by atoms with van der Waals surface area (Å²) in [6.45, 7) is 4.00. The smallest absolute Gasteiger partial charge is 0.247 e. The van der Waals surface area contributed by atoms with Gasteiger partial charge in [0.15, 0.2) is 0 Å². The summed E-state index contributed by atoms with van der Waals surface area (Å²) < 4.78 is 10.7. The molecule has 1 aliphatic rings. The predicted octanol–water partition coefficient (Wildman–Crippen LogP) is 5.09. The van der Waals surface area contributed by atoms with Crippen LogP contribution in [0.5, 0.6) is 11.5 Å². The van der Waals surface area contributed by atoms with Crippen LogP contribution in [-0.2, 0) is 11.2 Å². The first-order valence-electron chi connectivity index (χ1n) is 10.6. The van der Waals surface area contributed by atoms with Gasteiger partial charge in [0, 0.05) is 36.2 Å². The predicted molar refractivity (Wildman–Crippen MR) is 131 cm³/mol. The van der Waals surface area contributed by atoms with Crippen molar-refractivity contribution in [1.82, 2.24) is 14.9 Å². The monoisotopic (exact) mass is 496 g/mol. The van der Waals surface area contributed by atoms with Crippen molar-refractivity contribution in [3.63, 3.8) is 0 Å². The Bertz CT molecular complexity index is 1290. The number of fused-ring (bicyclic) bond motifs is 1. The quantitative estimate of drug-likeness (QED) is 0.441. The Morgan fingerprint density at radius 3 is 2.59 bits per heavy atom. The molecule has 1 fully saturated rings. The van der Waals surface area contributed by atoms with E-state index in [4.69, 9.17) is 37.7 Å². The van der Waals surface area contributed by atoms with Gasteiger partial charge in [-0.15, -0.1) is 0 Å². The molecule has 0 spiro atoms. The Balaban J connectivity index is 1.62. The van der Waals surface area contributed by atoms with E-state index in [1.54, 1.807) is 17.2 Å². The molecular formula is C25H22Cl2N4O3. The van der Waals surface area contributed by atoms with Gasteiger partial charge in [0.05, 0.1) is 35.9 Å². The van der Waals surface area contributed by atoms with Gasteiger partial charge in [0.25, 0.3) is 0 Å². The first-order valence-corrected chi connectivity index (χ1v) is 11.3. The molecule has 2 heterocycles. The molecule has 1 saturated heterocycles. The molecule has 7 nitrogen and oxygen atoms in total. The van der Waals surface area contributed by atoms with Gasteiger partial charge in [0.1, 0.15) is 23.4 Å². The van der Waals surface area contributed by atoms with E-state index in [0.29, 0.717) is 52.3 Å². The van der Waals surface area contributed by atoms with E-state index in [-0.39, 0.29) is 11.8 Å². The molecule has 34 heavy (non-hydrogen) atoms. The zero-order valence-electron chi connectivity index (χ0n) is 18.7. The van der Waals surface area contributed by atoms with E-state index in [1.165, 1.54) is 20.3 Å². The van der Waals surface area contributed by atoms with Crippen LogP contribution >= 0.6 is 23.2 Å². The van der Waals surface area contributed by atoms with Crippen LogP contribution in [0.1, 0.15) is 12.2 Å². The summed E-state index contributed by atoms with van der Waals surface area (Å²) >= 11 is 13.1. The van der Waals surface area contributed by atoms with E-state index in [9.17, 15) is 10.1 Å². The molecule has 0 aliphatic carbocycles. The average molecular weight is 497 g/mol. The molecule has 1 aliphatic heterocycles. The summed E-state index contributed by atoms with van der Waals surface area (Å²) in [6.07, 6.45) is 4.16. The van der Waals surface area contributed by atoms with Crippen LogP contribution in [0.2, 0.25) is 10.0 Å². The van der Waals surface area contributed by atoms with Crippen molar-refractivity contribution in [3.05, 3.63) is 59.0 Å². The molecule has 174 valence electrons. The summed E-state index contributed by atoms with van der Waals surface area (Å²) in [5.74, 6) is 1.45. The largest absolute Gasteiger partial charge is 0.495 e. The van der Waals surface area contributed by atoms with Crippen molar-refractivity contribution < 1.29 is 14.3 Å². The molecule has 1 amide bonds. The first-order chi connectivity index (χ1) is 16.4. The third-order valence-corrected chi connectivity index (χ3v) is 6.71. The Morgan fingerprint density at radius 1 is 1.26 bits per heavy atom. The number of ether oxygens (including phenoxy) is 2. The minimum atomic E-state index is -0.451. The fourth-order valence-electron chi connectivity index (χ4n) is 4.28. The van der Waals surface area contributed by atoms with E-state index in [2.05, 4.69) is 17.6 Å². The number of carbonyl (C=O) groups is 1. The molecule has 0 bridgehead atoms. The van der Waals surface area contributed by atoms with Crippen molar-refractivity contribution in [2.24, 2.45) is 5.92 Å². The van der Waals surface area contributed by atoms with Crippen LogP contribution in [0, 0.1) is 17.2 Å². The topological polar surface area (TPSA) is 88.3 Å². The fraction of sp³-hybridized carbons (Fsp3) is 0.280. The minimum Gasteiger partial charge on any atom is -0.495 e. The van der Waals surface area contributed by atoms with Gasteiger partial charge in [-0.2, -0.15) is 5.26 Å². The Kier molecular flexibility index (Phi) is 6.92. The summed E-state index contributed by atoms with van der Waals surface area (Å²) in [4.78, 5) is 22.8. The lowest BCUT2D eigenvalue weighted by Crippen LogP contribution is -2.33. The second-order valence-electron chi connectivity index (χ2n) is 7.99. The number of aromatic nitrogens is 2. The highest BCUT2D eigenvalue weighted by molar-refractivity contribution is 6.41. The van der Waals surface area contributed by atoms with Crippen LogP contribution in [0.25, 0.3) is 22.0 Å². The number of hydrogen-bond acceptors (Lipinski definition) is 6. The molecule has 2 atom stereocenters. The van der Waals surface area contributed by atoms with E-state index in [1.807, 2.05) is 18.2 Å². The van der Waals surface area contributed by atoms with Crippen LogP contribution < -0.4 is 9.47 Å². The van der Waals surface area contributed by atoms with Crippen LogP contribution in [-0.4, -0.2) is 47.6 Å². The number of halogens is 2. The highest BCUT2D eigenvalue weighted by Crippen LogP contribution is 2.46. The van der Waals surface area contributed by atoms with Gasteiger partial charge in [-0.3, -0.25) is 4.79 Å². The van der Waals surface area contributed by atoms with Crippen molar-refractivity contribution in [3.8, 4) is 28.7 Å². The zero-order chi connectivity index (χ0) is 24.4. The van der Waals surface area contributed by atoms with Gasteiger partial charge in [-0.1, -0.05) is 35.8 Å². The molecule has 0 N–H and O–H groups in total. The molecule has 0 unspecified atom stereocenters. The average Bonchev–Trinajstić information content (AvgIpc) is 3.26. The lowest BCUT2D eigenvalue weighted by Gasteiger charge is -2.17. The molecular weight excluding hydrogens is 475 g/mol. The minimum absolute atomic E-state index is 0.104. The van der Waals surface area contributed by atoms with E-state index < -0.39 is 6.04 Å². The molecule has 4 rings (SSSR count). The summed E-state index contributed by atoms with van der Waals surface area (Å²) in [5.41, 5.74) is 2.15. The maximum absolute atomic E-state index is 12.0.